The third-order valence-corrected chi connectivity index (χ3v) is 4.48. The molecule has 96 valence electrons. The number of rotatable bonds is 3. The van der Waals surface area contributed by atoms with Crippen molar-refractivity contribution in [3.8, 4) is 0 Å². The highest BCUT2D eigenvalue weighted by Crippen LogP contribution is 2.18. The molecule has 1 saturated heterocycles. The van der Waals surface area contributed by atoms with Gasteiger partial charge in [-0.05, 0) is 0 Å². The maximum atomic E-state index is 12.3. The zero-order valence-electron chi connectivity index (χ0n) is 9.48. The number of hydrogen-bond donors (Lipinski definition) is 1. The summed E-state index contributed by atoms with van der Waals surface area (Å²) in [6.07, 6.45) is 2.88. The van der Waals surface area contributed by atoms with E-state index in [2.05, 4.69) is 4.98 Å². The van der Waals surface area contributed by atoms with Crippen molar-refractivity contribution in [1.82, 2.24) is 13.9 Å². The van der Waals surface area contributed by atoms with Crippen LogP contribution in [0.4, 0.5) is 0 Å². The Labute approximate surface area is 99.7 Å². The molecule has 17 heavy (non-hydrogen) atoms. The van der Waals surface area contributed by atoms with E-state index in [-0.39, 0.29) is 24.8 Å². The van der Waals surface area contributed by atoms with Crippen LogP contribution >= 0.6 is 0 Å². The van der Waals surface area contributed by atoms with Gasteiger partial charge in [-0.1, -0.05) is 0 Å². The standard InChI is InChI=1S/C9H15N3O4S/c1-11-4-9(10-7-11)17(14,15)12-2-3-16-6-8(12)5-13/h4,7-8,13H,2-3,5-6H2,1H3. The van der Waals surface area contributed by atoms with Crippen molar-refractivity contribution >= 4 is 10.0 Å². The van der Waals surface area contributed by atoms with Crippen molar-refractivity contribution in [3.63, 3.8) is 0 Å². The van der Waals surface area contributed by atoms with Gasteiger partial charge in [0.05, 0.1) is 32.2 Å². The number of aromatic nitrogens is 2. The zero-order chi connectivity index (χ0) is 12.5. The maximum absolute atomic E-state index is 12.3. The SMILES string of the molecule is Cn1cnc(S(=O)(=O)N2CCOCC2CO)c1. The first kappa shape index (κ1) is 12.5. The Kier molecular flexibility index (Phi) is 3.48. The van der Waals surface area contributed by atoms with Gasteiger partial charge in [0.15, 0.2) is 5.03 Å². The van der Waals surface area contributed by atoms with Crippen molar-refractivity contribution in [2.45, 2.75) is 11.1 Å². The number of aliphatic hydroxyl groups excluding tert-OH is 1. The normalized spacial score (nSPS) is 22.8. The van der Waals surface area contributed by atoms with Gasteiger partial charge in [-0.3, -0.25) is 0 Å². The quantitative estimate of drug-likeness (QED) is 0.739. The smallest absolute Gasteiger partial charge is 0.262 e. The number of aliphatic hydroxyl groups is 1. The van der Waals surface area contributed by atoms with E-state index >= 15 is 0 Å². The minimum Gasteiger partial charge on any atom is -0.395 e. The Balaban J connectivity index is 2.30. The van der Waals surface area contributed by atoms with Crippen LogP contribution in [0, 0.1) is 0 Å². The predicted octanol–water partition coefficient (Wildman–Crippen LogP) is -1.20. The van der Waals surface area contributed by atoms with E-state index in [0.717, 1.165) is 0 Å². The minimum absolute atomic E-state index is 0.000324. The Morgan fingerprint density at radius 3 is 3.00 bits per heavy atom. The highest BCUT2D eigenvalue weighted by molar-refractivity contribution is 7.89. The maximum Gasteiger partial charge on any atom is 0.262 e. The fourth-order valence-corrected chi connectivity index (χ4v) is 3.30. The van der Waals surface area contributed by atoms with Gasteiger partial charge >= 0.3 is 0 Å². The molecule has 0 aromatic carbocycles. The molecule has 0 radical (unpaired) electrons. The molecule has 1 aliphatic rings. The van der Waals surface area contributed by atoms with Gasteiger partial charge in [0, 0.05) is 19.8 Å². The van der Waals surface area contributed by atoms with Crippen molar-refractivity contribution in [2.24, 2.45) is 7.05 Å². The summed E-state index contributed by atoms with van der Waals surface area (Å²) in [5.74, 6) is 0. The molecule has 1 aromatic rings. The van der Waals surface area contributed by atoms with Crippen LogP contribution in [0.25, 0.3) is 0 Å². The highest BCUT2D eigenvalue weighted by Gasteiger charge is 2.34. The molecular weight excluding hydrogens is 246 g/mol. The lowest BCUT2D eigenvalue weighted by molar-refractivity contribution is 0.0108. The van der Waals surface area contributed by atoms with Crippen LogP contribution in [-0.4, -0.2) is 59.8 Å². The summed E-state index contributed by atoms with van der Waals surface area (Å²) in [4.78, 5) is 3.84. The Hall–Kier alpha value is -0.960. The summed E-state index contributed by atoms with van der Waals surface area (Å²) in [5, 5.41) is 9.17. The van der Waals surface area contributed by atoms with Crippen molar-refractivity contribution < 1.29 is 18.3 Å². The van der Waals surface area contributed by atoms with E-state index in [9.17, 15) is 8.42 Å². The van der Waals surface area contributed by atoms with Gasteiger partial charge in [-0.2, -0.15) is 4.31 Å². The molecule has 0 bridgehead atoms. The molecule has 1 aromatic heterocycles. The number of aryl methyl sites for hydroxylation is 1. The minimum atomic E-state index is -3.64. The molecule has 7 nitrogen and oxygen atoms in total. The van der Waals surface area contributed by atoms with Crippen LogP contribution in [-0.2, 0) is 21.8 Å². The number of nitrogens with zero attached hydrogens (tertiary/aromatic N) is 3. The number of hydrogen-bond acceptors (Lipinski definition) is 5. The predicted molar refractivity (Wildman–Crippen MR) is 58.8 cm³/mol. The second-order valence-electron chi connectivity index (χ2n) is 3.90. The van der Waals surface area contributed by atoms with E-state index in [0.29, 0.717) is 6.61 Å². The van der Waals surface area contributed by atoms with E-state index in [1.807, 2.05) is 0 Å². The van der Waals surface area contributed by atoms with E-state index in [1.54, 1.807) is 11.6 Å². The first-order valence-corrected chi connectivity index (χ1v) is 6.68. The summed E-state index contributed by atoms with van der Waals surface area (Å²) >= 11 is 0. The molecule has 2 rings (SSSR count). The number of ether oxygens (including phenoxy) is 1. The van der Waals surface area contributed by atoms with Crippen LogP contribution in [0.3, 0.4) is 0 Å². The molecule has 0 aliphatic carbocycles. The van der Waals surface area contributed by atoms with Crippen LogP contribution in [0.5, 0.6) is 0 Å². The summed E-state index contributed by atoms with van der Waals surface area (Å²) in [7, 11) is -1.94. The molecule has 2 heterocycles. The monoisotopic (exact) mass is 261 g/mol. The second kappa shape index (κ2) is 4.73. The lowest BCUT2D eigenvalue weighted by atomic mass is 10.3. The lowest BCUT2D eigenvalue weighted by Crippen LogP contribution is -2.50. The van der Waals surface area contributed by atoms with Gasteiger partial charge in [0.2, 0.25) is 0 Å². The lowest BCUT2D eigenvalue weighted by Gasteiger charge is -2.32. The second-order valence-corrected chi connectivity index (χ2v) is 5.74. The summed E-state index contributed by atoms with van der Waals surface area (Å²) < 4.78 is 32.5. The summed E-state index contributed by atoms with van der Waals surface area (Å²) in [5.41, 5.74) is 0. The third-order valence-electron chi connectivity index (χ3n) is 2.64. The fraction of sp³-hybridized carbons (Fsp3) is 0.667. The Morgan fingerprint density at radius 1 is 1.65 bits per heavy atom. The molecule has 1 atom stereocenters. The van der Waals surface area contributed by atoms with E-state index < -0.39 is 16.1 Å². The van der Waals surface area contributed by atoms with Crippen LogP contribution in [0.1, 0.15) is 0 Å². The van der Waals surface area contributed by atoms with Crippen LogP contribution in [0.2, 0.25) is 0 Å². The summed E-state index contributed by atoms with van der Waals surface area (Å²) in [6.45, 7) is 0.529. The molecule has 1 unspecified atom stereocenters. The first-order chi connectivity index (χ1) is 8.05. The van der Waals surface area contributed by atoms with Crippen LogP contribution in [0.15, 0.2) is 17.6 Å². The third kappa shape index (κ3) is 2.34. The van der Waals surface area contributed by atoms with Gasteiger partial charge < -0.3 is 14.4 Å². The fourth-order valence-electron chi connectivity index (χ4n) is 1.74. The number of morpholine rings is 1. The molecule has 1 fully saturated rings. The van der Waals surface area contributed by atoms with Crippen molar-refractivity contribution in [3.05, 3.63) is 12.5 Å². The van der Waals surface area contributed by atoms with Crippen molar-refractivity contribution in [2.75, 3.05) is 26.4 Å². The largest absolute Gasteiger partial charge is 0.395 e. The number of imidazole rings is 1. The topological polar surface area (TPSA) is 84.7 Å². The van der Waals surface area contributed by atoms with Gasteiger partial charge in [0.1, 0.15) is 0 Å². The molecule has 0 amide bonds. The molecule has 1 aliphatic heterocycles. The molecule has 0 spiro atoms. The molecular formula is C9H15N3O4S. The molecule has 8 heteroatoms. The number of sulfonamides is 1. The average molecular weight is 261 g/mol. The van der Waals surface area contributed by atoms with E-state index in [1.165, 1.54) is 16.8 Å². The average Bonchev–Trinajstić information content (AvgIpc) is 2.76. The van der Waals surface area contributed by atoms with Crippen molar-refractivity contribution in [1.29, 1.82) is 0 Å². The Morgan fingerprint density at radius 2 is 2.41 bits per heavy atom. The first-order valence-electron chi connectivity index (χ1n) is 5.24. The van der Waals surface area contributed by atoms with Gasteiger partial charge in [-0.15, -0.1) is 0 Å². The molecule has 0 saturated carbocycles. The highest BCUT2D eigenvalue weighted by atomic mass is 32.2. The Bertz CT molecular complexity index is 484. The van der Waals surface area contributed by atoms with Crippen LogP contribution < -0.4 is 0 Å². The van der Waals surface area contributed by atoms with Gasteiger partial charge in [0.25, 0.3) is 10.0 Å². The van der Waals surface area contributed by atoms with Gasteiger partial charge in [-0.25, -0.2) is 13.4 Å². The summed E-state index contributed by atoms with van der Waals surface area (Å²) in [6, 6.07) is -0.532. The zero-order valence-corrected chi connectivity index (χ0v) is 10.3. The van der Waals surface area contributed by atoms with E-state index in [4.69, 9.17) is 9.84 Å². The molecule has 1 N–H and O–H groups in total.